The molecule has 0 radical (unpaired) electrons. The molecular formula is C13H24FN. The van der Waals surface area contributed by atoms with Crippen molar-refractivity contribution in [3.63, 3.8) is 0 Å². The predicted octanol–water partition coefficient (Wildman–Crippen LogP) is 3.42. The summed E-state index contributed by atoms with van der Waals surface area (Å²) in [4.78, 5) is 0. The minimum atomic E-state index is -0.909. The fraction of sp³-hybridized carbons (Fsp3) is 1.00. The molecule has 2 rings (SSSR count). The Labute approximate surface area is 92.6 Å². The molecule has 0 aromatic rings. The van der Waals surface area contributed by atoms with E-state index in [0.717, 1.165) is 31.6 Å². The smallest absolute Gasteiger partial charge is 0.115 e. The van der Waals surface area contributed by atoms with Crippen molar-refractivity contribution in [1.82, 2.24) is 0 Å². The molecule has 0 heterocycles. The molecule has 4 atom stereocenters. The Morgan fingerprint density at radius 2 is 2.13 bits per heavy atom. The van der Waals surface area contributed by atoms with Gasteiger partial charge in [0.2, 0.25) is 0 Å². The maximum Gasteiger partial charge on any atom is 0.115 e. The zero-order valence-corrected chi connectivity index (χ0v) is 9.84. The molecule has 0 bridgehead atoms. The topological polar surface area (TPSA) is 26.0 Å². The lowest BCUT2D eigenvalue weighted by atomic mass is 9.72. The van der Waals surface area contributed by atoms with Crippen LogP contribution in [0.25, 0.3) is 0 Å². The number of hydrogen-bond donors (Lipinski definition) is 1. The lowest BCUT2D eigenvalue weighted by molar-refractivity contribution is 0.0448. The largest absolute Gasteiger partial charge is 0.328 e. The molecule has 2 saturated carbocycles. The van der Waals surface area contributed by atoms with E-state index in [-0.39, 0.29) is 6.04 Å². The van der Waals surface area contributed by atoms with Crippen molar-refractivity contribution in [3.05, 3.63) is 0 Å². The van der Waals surface area contributed by atoms with E-state index in [4.69, 9.17) is 5.73 Å². The lowest BCUT2D eigenvalue weighted by Crippen LogP contribution is -2.35. The van der Waals surface area contributed by atoms with Gasteiger partial charge in [0, 0.05) is 6.04 Å². The standard InChI is InChI=1S/C13H24FN/c1-2-10-4-3-5-11(8-10)13(14)7-6-12(15)9-13/h10-12H,2-9,15H2,1H3. The summed E-state index contributed by atoms with van der Waals surface area (Å²) in [7, 11) is 0. The molecular weight excluding hydrogens is 189 g/mol. The molecule has 0 aromatic heterocycles. The molecule has 0 saturated heterocycles. The quantitative estimate of drug-likeness (QED) is 0.747. The van der Waals surface area contributed by atoms with Crippen molar-refractivity contribution in [2.45, 2.75) is 70.0 Å². The van der Waals surface area contributed by atoms with Crippen LogP contribution in [0.5, 0.6) is 0 Å². The molecule has 4 unspecified atom stereocenters. The molecule has 2 heteroatoms. The van der Waals surface area contributed by atoms with E-state index in [2.05, 4.69) is 6.92 Å². The monoisotopic (exact) mass is 213 g/mol. The highest BCUT2D eigenvalue weighted by Crippen LogP contribution is 2.46. The highest BCUT2D eigenvalue weighted by atomic mass is 19.1. The molecule has 0 aromatic carbocycles. The average Bonchev–Trinajstić information content (AvgIpc) is 2.60. The normalized spacial score (nSPS) is 47.0. The van der Waals surface area contributed by atoms with Gasteiger partial charge < -0.3 is 5.73 Å². The van der Waals surface area contributed by atoms with Crippen LogP contribution >= 0.6 is 0 Å². The first-order chi connectivity index (χ1) is 7.14. The van der Waals surface area contributed by atoms with E-state index in [1.54, 1.807) is 0 Å². The first-order valence-electron chi connectivity index (χ1n) is 6.58. The molecule has 2 aliphatic rings. The van der Waals surface area contributed by atoms with Crippen LogP contribution in [0.4, 0.5) is 4.39 Å². The summed E-state index contributed by atoms with van der Waals surface area (Å²) >= 11 is 0. The van der Waals surface area contributed by atoms with Gasteiger partial charge in [0.25, 0.3) is 0 Å². The molecule has 2 N–H and O–H groups in total. The average molecular weight is 213 g/mol. The lowest BCUT2D eigenvalue weighted by Gasteiger charge is -2.36. The number of halogens is 1. The van der Waals surface area contributed by atoms with Gasteiger partial charge in [-0.25, -0.2) is 4.39 Å². The second-order valence-corrected chi connectivity index (χ2v) is 5.68. The Bertz CT molecular complexity index is 219. The maximum absolute atomic E-state index is 14.7. The van der Waals surface area contributed by atoms with Gasteiger partial charge in [0.1, 0.15) is 5.67 Å². The highest BCUT2D eigenvalue weighted by Gasteiger charge is 2.45. The third-order valence-electron chi connectivity index (χ3n) is 4.62. The van der Waals surface area contributed by atoms with Gasteiger partial charge in [-0.3, -0.25) is 0 Å². The summed E-state index contributed by atoms with van der Waals surface area (Å²) in [5, 5.41) is 0. The maximum atomic E-state index is 14.7. The zero-order valence-electron chi connectivity index (χ0n) is 9.84. The number of rotatable bonds is 2. The molecule has 88 valence electrons. The Kier molecular flexibility index (Phi) is 3.34. The van der Waals surface area contributed by atoms with Crippen molar-refractivity contribution < 1.29 is 4.39 Å². The third-order valence-corrected chi connectivity index (χ3v) is 4.62. The summed E-state index contributed by atoms with van der Waals surface area (Å²) in [6, 6.07) is 0.122. The summed E-state index contributed by atoms with van der Waals surface area (Å²) in [6.45, 7) is 2.23. The number of nitrogens with two attached hydrogens (primary N) is 1. The van der Waals surface area contributed by atoms with E-state index in [9.17, 15) is 4.39 Å². The van der Waals surface area contributed by atoms with E-state index in [0.29, 0.717) is 12.3 Å². The van der Waals surface area contributed by atoms with Gasteiger partial charge in [-0.2, -0.15) is 0 Å². The number of alkyl halides is 1. The second kappa shape index (κ2) is 4.40. The Morgan fingerprint density at radius 3 is 2.73 bits per heavy atom. The van der Waals surface area contributed by atoms with Crippen LogP contribution in [0.2, 0.25) is 0 Å². The van der Waals surface area contributed by atoms with Crippen molar-refractivity contribution in [2.75, 3.05) is 0 Å². The first-order valence-corrected chi connectivity index (χ1v) is 6.58. The van der Waals surface area contributed by atoms with Gasteiger partial charge in [-0.1, -0.05) is 26.2 Å². The Balaban J connectivity index is 1.97. The van der Waals surface area contributed by atoms with Crippen LogP contribution in [0.15, 0.2) is 0 Å². The van der Waals surface area contributed by atoms with Crippen molar-refractivity contribution in [3.8, 4) is 0 Å². The van der Waals surface area contributed by atoms with E-state index < -0.39 is 5.67 Å². The third kappa shape index (κ3) is 2.35. The van der Waals surface area contributed by atoms with Crippen LogP contribution < -0.4 is 5.73 Å². The summed E-state index contributed by atoms with van der Waals surface area (Å²) < 4.78 is 14.7. The van der Waals surface area contributed by atoms with Crippen LogP contribution in [0.3, 0.4) is 0 Å². The van der Waals surface area contributed by atoms with Crippen molar-refractivity contribution >= 4 is 0 Å². The summed E-state index contributed by atoms with van der Waals surface area (Å²) in [6.07, 6.45) is 8.20. The van der Waals surface area contributed by atoms with Gasteiger partial charge in [-0.15, -0.1) is 0 Å². The van der Waals surface area contributed by atoms with Crippen LogP contribution in [-0.2, 0) is 0 Å². The van der Waals surface area contributed by atoms with Gasteiger partial charge >= 0.3 is 0 Å². The van der Waals surface area contributed by atoms with Gasteiger partial charge in [0.15, 0.2) is 0 Å². The minimum absolute atomic E-state index is 0.122. The fourth-order valence-corrected chi connectivity index (χ4v) is 3.57. The molecule has 0 aliphatic heterocycles. The fourth-order valence-electron chi connectivity index (χ4n) is 3.57. The second-order valence-electron chi connectivity index (χ2n) is 5.68. The SMILES string of the molecule is CCC1CCCC(C2(F)CCC(N)C2)C1. The molecule has 15 heavy (non-hydrogen) atoms. The molecule has 1 nitrogen and oxygen atoms in total. The summed E-state index contributed by atoms with van der Waals surface area (Å²) in [5.41, 5.74) is 4.93. The van der Waals surface area contributed by atoms with Crippen LogP contribution in [-0.4, -0.2) is 11.7 Å². The zero-order chi connectivity index (χ0) is 10.9. The van der Waals surface area contributed by atoms with E-state index in [1.807, 2.05) is 0 Å². The predicted molar refractivity (Wildman–Crippen MR) is 61.4 cm³/mol. The van der Waals surface area contributed by atoms with Crippen molar-refractivity contribution in [2.24, 2.45) is 17.6 Å². The molecule has 0 amide bonds. The molecule has 0 spiro atoms. The van der Waals surface area contributed by atoms with Gasteiger partial charge in [-0.05, 0) is 43.9 Å². The van der Waals surface area contributed by atoms with E-state index >= 15 is 0 Å². The summed E-state index contributed by atoms with van der Waals surface area (Å²) in [5.74, 6) is 1.08. The number of hydrogen-bond acceptors (Lipinski definition) is 1. The first kappa shape index (κ1) is 11.4. The van der Waals surface area contributed by atoms with Crippen LogP contribution in [0, 0.1) is 11.8 Å². The van der Waals surface area contributed by atoms with Crippen LogP contribution in [0.1, 0.15) is 58.3 Å². The Morgan fingerprint density at radius 1 is 1.33 bits per heavy atom. The minimum Gasteiger partial charge on any atom is -0.328 e. The molecule has 2 fully saturated rings. The highest BCUT2D eigenvalue weighted by molar-refractivity contribution is 4.98. The molecule has 2 aliphatic carbocycles. The van der Waals surface area contributed by atoms with E-state index in [1.165, 1.54) is 19.3 Å². The van der Waals surface area contributed by atoms with Gasteiger partial charge in [0.05, 0.1) is 0 Å². The van der Waals surface area contributed by atoms with Crippen molar-refractivity contribution in [1.29, 1.82) is 0 Å². The Hall–Kier alpha value is -0.110.